The van der Waals surface area contributed by atoms with Crippen LogP contribution >= 0.6 is 0 Å². The topological polar surface area (TPSA) is 114 Å². The lowest BCUT2D eigenvalue weighted by Crippen LogP contribution is -2.29. The first-order chi connectivity index (χ1) is 16.5. The van der Waals surface area contributed by atoms with Crippen LogP contribution in [0.2, 0.25) is 0 Å². The Balaban J connectivity index is 1.90. The number of carbonyl (C=O) groups excluding carboxylic acids is 1. The molecule has 0 unspecified atom stereocenters. The Hall–Kier alpha value is -4.30. The zero-order valence-corrected chi connectivity index (χ0v) is 18.2. The maximum atomic E-state index is 12.7. The van der Waals surface area contributed by atoms with E-state index in [1.807, 2.05) is 12.1 Å². The van der Waals surface area contributed by atoms with E-state index in [0.717, 1.165) is 6.08 Å². The van der Waals surface area contributed by atoms with E-state index in [2.05, 4.69) is 5.32 Å². The number of hydrogen-bond donors (Lipinski definition) is 3. The first-order valence-electron chi connectivity index (χ1n) is 10.5. The van der Waals surface area contributed by atoms with Gasteiger partial charge >= 0.3 is 12.1 Å². The minimum Gasteiger partial charge on any atom is -0.491 e. The summed E-state index contributed by atoms with van der Waals surface area (Å²) in [6, 6.07) is 24.3. The molecule has 3 aromatic rings. The van der Waals surface area contributed by atoms with Crippen LogP contribution in [0.25, 0.3) is 0 Å². The predicted molar refractivity (Wildman–Crippen MR) is 126 cm³/mol. The van der Waals surface area contributed by atoms with Crippen molar-refractivity contribution >= 4 is 17.7 Å². The molecule has 34 heavy (non-hydrogen) atoms. The number of rotatable bonds is 11. The third kappa shape index (κ3) is 7.68. The highest BCUT2D eigenvalue weighted by atomic mass is 16.6. The quantitative estimate of drug-likeness (QED) is 0.360. The number of aliphatic carboxylic acids is 1. The van der Waals surface area contributed by atoms with Gasteiger partial charge in [0.25, 0.3) is 0 Å². The van der Waals surface area contributed by atoms with E-state index >= 15 is 0 Å². The van der Waals surface area contributed by atoms with Crippen LogP contribution in [0, 0.1) is 0 Å². The highest BCUT2D eigenvalue weighted by Gasteiger charge is 2.28. The minimum atomic E-state index is -1.16. The Morgan fingerprint density at radius 3 is 2.15 bits per heavy atom. The lowest BCUT2D eigenvalue weighted by atomic mass is 10.0. The van der Waals surface area contributed by atoms with E-state index in [9.17, 15) is 14.7 Å². The molecule has 0 spiro atoms. The van der Waals surface area contributed by atoms with E-state index in [0.29, 0.717) is 22.7 Å². The molecule has 8 nitrogen and oxygen atoms in total. The highest BCUT2D eigenvalue weighted by Crippen LogP contribution is 2.29. The second-order valence-corrected chi connectivity index (χ2v) is 7.05. The Kier molecular flexibility index (Phi) is 9.07. The van der Waals surface area contributed by atoms with Crippen LogP contribution in [0.5, 0.6) is 11.5 Å². The summed E-state index contributed by atoms with van der Waals surface area (Å²) in [4.78, 5) is 23.9. The number of nitrogens with one attached hydrogen (secondary N) is 1. The van der Waals surface area contributed by atoms with Crippen molar-refractivity contribution in [3.8, 4) is 11.5 Å². The van der Waals surface area contributed by atoms with Crippen molar-refractivity contribution in [3.05, 3.63) is 103 Å². The molecule has 0 aliphatic rings. The summed E-state index contributed by atoms with van der Waals surface area (Å²) in [7, 11) is 0. The standard InChI is InChI=1S/C26H25NO7/c28-17-18-32-21-13-11-19(12-14-21)25(34-26(31)27-20-7-3-1-4-8-20)23(15-16-24(29)30)33-22-9-5-2-6-10-22/h1-16,23,25,28H,17-18H2,(H,27,31)(H,29,30)/b16-15+/t23-,25-/m0/s1. The van der Waals surface area contributed by atoms with Crippen LogP contribution in [0.1, 0.15) is 11.7 Å². The van der Waals surface area contributed by atoms with Gasteiger partial charge in [-0.3, -0.25) is 5.32 Å². The van der Waals surface area contributed by atoms with Crippen molar-refractivity contribution in [1.29, 1.82) is 0 Å². The summed E-state index contributed by atoms with van der Waals surface area (Å²) < 4.78 is 17.1. The molecule has 3 rings (SSSR count). The number of aliphatic hydroxyl groups is 1. The molecule has 0 aliphatic carbocycles. The monoisotopic (exact) mass is 463 g/mol. The second-order valence-electron chi connectivity index (χ2n) is 7.05. The fraction of sp³-hybridized carbons (Fsp3) is 0.154. The van der Waals surface area contributed by atoms with Crippen molar-refractivity contribution in [2.24, 2.45) is 0 Å². The Labute approximate surface area is 197 Å². The molecule has 0 aromatic heterocycles. The smallest absolute Gasteiger partial charge is 0.412 e. The lowest BCUT2D eigenvalue weighted by Gasteiger charge is -2.26. The number of anilines is 1. The molecule has 3 N–H and O–H groups in total. The Morgan fingerprint density at radius 1 is 0.882 bits per heavy atom. The van der Waals surface area contributed by atoms with Gasteiger partial charge in [0.05, 0.1) is 6.61 Å². The molecule has 2 atom stereocenters. The summed E-state index contributed by atoms with van der Waals surface area (Å²) in [6.45, 7) is 0.0139. The molecule has 176 valence electrons. The van der Waals surface area contributed by atoms with E-state index in [1.165, 1.54) is 6.08 Å². The van der Waals surface area contributed by atoms with Crippen LogP contribution in [0.3, 0.4) is 0 Å². The van der Waals surface area contributed by atoms with Gasteiger partial charge in [-0.1, -0.05) is 48.5 Å². The Morgan fingerprint density at radius 2 is 1.53 bits per heavy atom. The number of carboxylic acids is 1. The SMILES string of the molecule is O=C(O)/C=C/[C@H](Oc1ccccc1)[C@@H](OC(=O)Nc1ccccc1)c1ccc(OCCO)cc1. The van der Waals surface area contributed by atoms with Crippen LogP contribution in [-0.4, -0.2) is 41.6 Å². The highest BCUT2D eigenvalue weighted by molar-refractivity contribution is 5.84. The molecule has 8 heteroatoms. The molecule has 0 saturated carbocycles. The van der Waals surface area contributed by atoms with Crippen molar-refractivity contribution in [2.75, 3.05) is 18.5 Å². The summed E-state index contributed by atoms with van der Waals surface area (Å²) in [5, 5.41) is 20.8. The molecule has 0 aliphatic heterocycles. The third-order valence-electron chi connectivity index (χ3n) is 4.57. The maximum Gasteiger partial charge on any atom is 0.412 e. The van der Waals surface area contributed by atoms with Gasteiger partial charge in [0.2, 0.25) is 0 Å². The van der Waals surface area contributed by atoms with Gasteiger partial charge in [0, 0.05) is 11.8 Å². The number of para-hydroxylation sites is 2. The number of carboxylic acid groups (broad SMARTS) is 1. The molecule has 0 bridgehead atoms. The van der Waals surface area contributed by atoms with Crippen molar-refractivity contribution in [3.63, 3.8) is 0 Å². The third-order valence-corrected chi connectivity index (χ3v) is 4.57. The number of ether oxygens (including phenoxy) is 3. The minimum absolute atomic E-state index is 0.125. The fourth-order valence-corrected chi connectivity index (χ4v) is 3.06. The number of amides is 1. The average molecular weight is 463 g/mol. The molecule has 3 aromatic carbocycles. The summed E-state index contributed by atoms with van der Waals surface area (Å²) in [5.41, 5.74) is 1.09. The van der Waals surface area contributed by atoms with Gasteiger partial charge < -0.3 is 24.4 Å². The summed E-state index contributed by atoms with van der Waals surface area (Å²) in [5.74, 6) is -0.170. The summed E-state index contributed by atoms with van der Waals surface area (Å²) >= 11 is 0. The maximum absolute atomic E-state index is 12.7. The van der Waals surface area contributed by atoms with Gasteiger partial charge in [-0.05, 0) is 48.0 Å². The number of aliphatic hydroxyl groups excluding tert-OH is 1. The van der Waals surface area contributed by atoms with Crippen LogP contribution < -0.4 is 14.8 Å². The number of hydrogen-bond acceptors (Lipinski definition) is 6. The second kappa shape index (κ2) is 12.7. The lowest BCUT2D eigenvalue weighted by molar-refractivity contribution is -0.131. The molecular formula is C26H25NO7. The van der Waals surface area contributed by atoms with Crippen molar-refractivity contribution in [1.82, 2.24) is 0 Å². The van der Waals surface area contributed by atoms with E-state index in [4.69, 9.17) is 19.3 Å². The number of benzene rings is 3. The molecule has 1 amide bonds. The van der Waals surface area contributed by atoms with Crippen LogP contribution in [0.4, 0.5) is 10.5 Å². The van der Waals surface area contributed by atoms with Crippen molar-refractivity contribution in [2.45, 2.75) is 12.2 Å². The molecule has 0 fully saturated rings. The molecular weight excluding hydrogens is 438 g/mol. The molecule has 0 radical (unpaired) electrons. The number of carbonyl (C=O) groups is 2. The largest absolute Gasteiger partial charge is 0.491 e. The van der Waals surface area contributed by atoms with Crippen LogP contribution in [0.15, 0.2) is 97.1 Å². The van der Waals surface area contributed by atoms with Crippen LogP contribution in [-0.2, 0) is 9.53 Å². The fourth-order valence-electron chi connectivity index (χ4n) is 3.06. The van der Waals surface area contributed by atoms with Crippen molar-refractivity contribution < 1.29 is 34.0 Å². The predicted octanol–water partition coefficient (Wildman–Crippen LogP) is 4.44. The molecule has 0 heterocycles. The Bertz CT molecular complexity index is 1070. The summed E-state index contributed by atoms with van der Waals surface area (Å²) in [6.07, 6.45) is -0.415. The van der Waals surface area contributed by atoms with E-state index in [1.54, 1.807) is 72.8 Å². The zero-order chi connectivity index (χ0) is 24.2. The van der Waals surface area contributed by atoms with Gasteiger partial charge in [0.1, 0.15) is 18.1 Å². The normalized spacial score (nSPS) is 12.5. The van der Waals surface area contributed by atoms with E-state index in [-0.39, 0.29) is 13.2 Å². The van der Waals surface area contributed by atoms with E-state index < -0.39 is 24.3 Å². The van der Waals surface area contributed by atoms with Gasteiger partial charge in [-0.15, -0.1) is 0 Å². The first kappa shape index (κ1) is 24.3. The zero-order valence-electron chi connectivity index (χ0n) is 18.2. The van der Waals surface area contributed by atoms with Gasteiger partial charge in [0.15, 0.2) is 12.2 Å². The molecule has 0 saturated heterocycles. The first-order valence-corrected chi connectivity index (χ1v) is 10.5. The van der Waals surface area contributed by atoms with Gasteiger partial charge in [-0.25, -0.2) is 9.59 Å². The van der Waals surface area contributed by atoms with Gasteiger partial charge in [-0.2, -0.15) is 0 Å². The average Bonchev–Trinajstić information content (AvgIpc) is 2.85.